The monoisotopic (exact) mass is 258 g/mol. The lowest BCUT2D eigenvalue weighted by molar-refractivity contribution is -0.125. The molecule has 0 N–H and O–H groups in total. The summed E-state index contributed by atoms with van der Waals surface area (Å²) < 4.78 is 0. The van der Waals surface area contributed by atoms with Gasteiger partial charge < -0.3 is 9.80 Å². The highest BCUT2D eigenvalue weighted by molar-refractivity contribution is 6.11. The van der Waals surface area contributed by atoms with Crippen molar-refractivity contribution in [2.24, 2.45) is 5.92 Å². The van der Waals surface area contributed by atoms with Gasteiger partial charge in [0.25, 0.3) is 0 Å². The Balaban J connectivity index is 1.96. The van der Waals surface area contributed by atoms with E-state index in [9.17, 15) is 9.59 Å². The number of carbonyl (C=O) groups excluding carboxylic acids is 2. The molecule has 1 aliphatic carbocycles. The van der Waals surface area contributed by atoms with Crippen LogP contribution in [0.15, 0.2) is 24.3 Å². The van der Waals surface area contributed by atoms with Gasteiger partial charge in [-0.05, 0) is 25.0 Å². The fourth-order valence-electron chi connectivity index (χ4n) is 3.03. The molecule has 4 nitrogen and oxygen atoms in total. The topological polar surface area (TPSA) is 40.6 Å². The first-order valence-corrected chi connectivity index (χ1v) is 6.85. The van der Waals surface area contributed by atoms with Gasteiger partial charge in [0.1, 0.15) is 6.54 Å². The summed E-state index contributed by atoms with van der Waals surface area (Å²) in [6.07, 6.45) is 4.17. The normalized spacial score (nSPS) is 19.7. The van der Waals surface area contributed by atoms with E-state index in [1.807, 2.05) is 24.3 Å². The van der Waals surface area contributed by atoms with Crippen molar-refractivity contribution in [3.63, 3.8) is 0 Å². The zero-order chi connectivity index (χ0) is 13.4. The summed E-state index contributed by atoms with van der Waals surface area (Å²) >= 11 is 0. The number of para-hydroxylation sites is 2. The molecule has 0 aromatic heterocycles. The molecule has 0 atom stereocenters. The lowest BCUT2D eigenvalue weighted by Crippen LogP contribution is -2.48. The molecular weight excluding hydrogens is 240 g/mol. The van der Waals surface area contributed by atoms with Gasteiger partial charge in [0.15, 0.2) is 0 Å². The smallest absolute Gasteiger partial charge is 0.246 e. The van der Waals surface area contributed by atoms with Crippen LogP contribution in [0.2, 0.25) is 0 Å². The SMILES string of the molecule is CN1C(=O)CN(C(=O)C2CCCC2)c2ccccc21. The van der Waals surface area contributed by atoms with Gasteiger partial charge in [0.05, 0.1) is 11.4 Å². The van der Waals surface area contributed by atoms with Crippen LogP contribution in [-0.2, 0) is 9.59 Å². The number of hydrogen-bond acceptors (Lipinski definition) is 2. The number of rotatable bonds is 1. The van der Waals surface area contributed by atoms with E-state index in [1.54, 1.807) is 16.8 Å². The highest BCUT2D eigenvalue weighted by Crippen LogP contribution is 2.35. The van der Waals surface area contributed by atoms with Crippen molar-refractivity contribution in [3.8, 4) is 0 Å². The van der Waals surface area contributed by atoms with Crippen LogP contribution in [0.3, 0.4) is 0 Å². The largest absolute Gasteiger partial charge is 0.312 e. The lowest BCUT2D eigenvalue weighted by atomic mass is 10.0. The Morgan fingerprint density at radius 2 is 1.79 bits per heavy atom. The molecule has 1 aromatic rings. The fraction of sp³-hybridized carbons (Fsp3) is 0.467. The molecule has 0 saturated heterocycles. The van der Waals surface area contributed by atoms with Crippen LogP contribution in [0.1, 0.15) is 25.7 Å². The van der Waals surface area contributed by atoms with E-state index in [4.69, 9.17) is 0 Å². The molecule has 0 spiro atoms. The van der Waals surface area contributed by atoms with E-state index in [1.165, 1.54) is 0 Å². The van der Waals surface area contributed by atoms with Crippen LogP contribution < -0.4 is 9.80 Å². The number of amides is 2. The second kappa shape index (κ2) is 4.68. The fourth-order valence-corrected chi connectivity index (χ4v) is 3.03. The Bertz CT molecular complexity index is 521. The van der Waals surface area contributed by atoms with Gasteiger partial charge in [-0.1, -0.05) is 25.0 Å². The molecule has 100 valence electrons. The summed E-state index contributed by atoms with van der Waals surface area (Å²) in [4.78, 5) is 27.9. The maximum absolute atomic E-state index is 12.6. The molecule has 0 unspecified atom stereocenters. The Kier molecular flexibility index (Phi) is 3.01. The first-order valence-electron chi connectivity index (χ1n) is 6.85. The standard InChI is InChI=1S/C15H18N2O2/c1-16-12-8-4-5-9-13(12)17(10-14(16)18)15(19)11-6-2-3-7-11/h4-5,8-9,11H,2-3,6-7,10H2,1H3. The van der Waals surface area contributed by atoms with Crippen LogP contribution in [0.4, 0.5) is 11.4 Å². The van der Waals surface area contributed by atoms with Crippen LogP contribution >= 0.6 is 0 Å². The first kappa shape index (κ1) is 12.2. The van der Waals surface area contributed by atoms with Gasteiger partial charge >= 0.3 is 0 Å². The third kappa shape index (κ3) is 2.01. The van der Waals surface area contributed by atoms with Crippen molar-refractivity contribution < 1.29 is 9.59 Å². The molecule has 2 amide bonds. The minimum atomic E-state index is -0.0231. The van der Waals surface area contributed by atoms with Gasteiger partial charge in [-0.2, -0.15) is 0 Å². The number of nitrogens with zero attached hydrogens (tertiary/aromatic N) is 2. The molecule has 1 aromatic carbocycles. The van der Waals surface area contributed by atoms with Crippen molar-refractivity contribution in [2.45, 2.75) is 25.7 Å². The third-order valence-electron chi connectivity index (χ3n) is 4.17. The van der Waals surface area contributed by atoms with Crippen LogP contribution in [0, 0.1) is 5.92 Å². The Hall–Kier alpha value is -1.84. The van der Waals surface area contributed by atoms with Gasteiger partial charge in [0, 0.05) is 13.0 Å². The quantitative estimate of drug-likeness (QED) is 0.774. The Morgan fingerprint density at radius 1 is 1.16 bits per heavy atom. The number of carbonyl (C=O) groups is 2. The first-order chi connectivity index (χ1) is 9.18. The number of benzene rings is 1. The van der Waals surface area contributed by atoms with Crippen LogP contribution in [0.5, 0.6) is 0 Å². The van der Waals surface area contributed by atoms with Crippen molar-refractivity contribution in [3.05, 3.63) is 24.3 Å². The highest BCUT2D eigenvalue weighted by Gasteiger charge is 2.34. The molecule has 0 bridgehead atoms. The Labute approximate surface area is 113 Å². The minimum Gasteiger partial charge on any atom is -0.312 e. The summed E-state index contributed by atoms with van der Waals surface area (Å²) in [6.45, 7) is 0.169. The second-order valence-electron chi connectivity index (χ2n) is 5.35. The molecule has 0 radical (unpaired) electrons. The number of anilines is 2. The van der Waals surface area contributed by atoms with Crippen molar-refractivity contribution in [1.82, 2.24) is 0 Å². The molecule has 1 aliphatic heterocycles. The summed E-state index contributed by atoms with van der Waals surface area (Å²) in [5.41, 5.74) is 1.69. The van der Waals surface area contributed by atoms with Crippen LogP contribution in [0.25, 0.3) is 0 Å². The van der Waals surface area contributed by atoms with E-state index in [2.05, 4.69) is 0 Å². The second-order valence-corrected chi connectivity index (χ2v) is 5.35. The molecule has 1 heterocycles. The number of fused-ring (bicyclic) bond motifs is 1. The molecule has 2 aliphatic rings. The summed E-state index contributed by atoms with van der Waals surface area (Å²) in [5.74, 6) is 0.195. The summed E-state index contributed by atoms with van der Waals surface area (Å²) in [6, 6.07) is 7.62. The summed E-state index contributed by atoms with van der Waals surface area (Å²) in [7, 11) is 1.76. The maximum atomic E-state index is 12.6. The zero-order valence-electron chi connectivity index (χ0n) is 11.1. The molecule has 3 rings (SSSR count). The van der Waals surface area contributed by atoms with Gasteiger partial charge in [-0.3, -0.25) is 9.59 Å². The molecular formula is C15H18N2O2. The van der Waals surface area contributed by atoms with E-state index >= 15 is 0 Å². The van der Waals surface area contributed by atoms with Crippen LogP contribution in [-0.4, -0.2) is 25.4 Å². The number of likely N-dealkylation sites (N-methyl/N-ethyl adjacent to an activating group) is 1. The lowest BCUT2D eigenvalue weighted by Gasteiger charge is -2.35. The minimum absolute atomic E-state index is 0.0231. The number of hydrogen-bond donors (Lipinski definition) is 0. The predicted octanol–water partition coefficient (Wildman–Crippen LogP) is 2.19. The van der Waals surface area contributed by atoms with Crippen molar-refractivity contribution >= 4 is 23.2 Å². The van der Waals surface area contributed by atoms with Crippen molar-refractivity contribution in [2.75, 3.05) is 23.4 Å². The average Bonchev–Trinajstić information content (AvgIpc) is 2.96. The highest BCUT2D eigenvalue weighted by atomic mass is 16.2. The van der Waals surface area contributed by atoms with Gasteiger partial charge in [-0.25, -0.2) is 0 Å². The Morgan fingerprint density at radius 3 is 2.47 bits per heavy atom. The molecule has 19 heavy (non-hydrogen) atoms. The van der Waals surface area contributed by atoms with Crippen molar-refractivity contribution in [1.29, 1.82) is 0 Å². The third-order valence-corrected chi connectivity index (χ3v) is 4.17. The predicted molar refractivity (Wildman–Crippen MR) is 74.2 cm³/mol. The van der Waals surface area contributed by atoms with E-state index in [0.29, 0.717) is 0 Å². The molecule has 1 fully saturated rings. The van der Waals surface area contributed by atoms with E-state index in [-0.39, 0.29) is 24.3 Å². The van der Waals surface area contributed by atoms with Gasteiger partial charge in [0.2, 0.25) is 11.8 Å². The average molecular weight is 258 g/mol. The molecule has 1 saturated carbocycles. The van der Waals surface area contributed by atoms with E-state index in [0.717, 1.165) is 37.1 Å². The summed E-state index contributed by atoms with van der Waals surface area (Å²) in [5, 5.41) is 0. The van der Waals surface area contributed by atoms with Gasteiger partial charge in [-0.15, -0.1) is 0 Å². The van der Waals surface area contributed by atoms with E-state index < -0.39 is 0 Å². The molecule has 4 heteroatoms. The zero-order valence-corrected chi connectivity index (χ0v) is 11.1. The maximum Gasteiger partial charge on any atom is 0.246 e.